The average molecular weight is 387 g/mol. The van der Waals surface area contributed by atoms with Crippen molar-refractivity contribution in [3.63, 3.8) is 0 Å². The van der Waals surface area contributed by atoms with Crippen LogP contribution in [0.2, 0.25) is 0 Å². The lowest BCUT2D eigenvalue weighted by Crippen LogP contribution is -2.32. The summed E-state index contributed by atoms with van der Waals surface area (Å²) in [6.45, 7) is 3.21. The number of rotatable bonds is 9. The van der Waals surface area contributed by atoms with E-state index in [0.29, 0.717) is 17.7 Å². The summed E-state index contributed by atoms with van der Waals surface area (Å²) in [6, 6.07) is 6.17. The van der Waals surface area contributed by atoms with E-state index in [9.17, 15) is 22.4 Å². The number of benzene rings is 1. The molecule has 0 bridgehead atoms. The molecule has 0 spiro atoms. The number of alkyl halides is 4. The van der Waals surface area contributed by atoms with Crippen molar-refractivity contribution in [2.45, 2.75) is 45.9 Å². The molecule has 0 atom stereocenters. The summed E-state index contributed by atoms with van der Waals surface area (Å²) in [7, 11) is 0. The average Bonchev–Trinajstić information content (AvgIpc) is 2.99. The number of nitrogens with one attached hydrogen (secondary N) is 1. The van der Waals surface area contributed by atoms with Crippen LogP contribution in [0.1, 0.15) is 34.1 Å². The third kappa shape index (κ3) is 5.53. The van der Waals surface area contributed by atoms with Crippen molar-refractivity contribution < 1.29 is 27.1 Å². The Morgan fingerprint density at radius 2 is 2.11 bits per heavy atom. The maximum atomic E-state index is 12.8. The fourth-order valence-corrected chi connectivity index (χ4v) is 2.43. The first-order valence-corrected chi connectivity index (χ1v) is 8.36. The Labute approximate surface area is 154 Å². The second kappa shape index (κ2) is 8.98. The maximum Gasteiger partial charge on any atom is 0.330 e. The van der Waals surface area contributed by atoms with Gasteiger partial charge in [0.05, 0.1) is 12.8 Å². The van der Waals surface area contributed by atoms with Gasteiger partial charge in [-0.15, -0.1) is 0 Å². The summed E-state index contributed by atoms with van der Waals surface area (Å²) in [5, 5.41) is 6.96. The van der Waals surface area contributed by atoms with Gasteiger partial charge in [0.25, 0.3) is 5.91 Å². The van der Waals surface area contributed by atoms with Crippen LogP contribution in [0.4, 0.5) is 17.6 Å². The zero-order valence-corrected chi connectivity index (χ0v) is 15.0. The van der Waals surface area contributed by atoms with E-state index in [-0.39, 0.29) is 12.5 Å². The number of aromatic nitrogens is 2. The molecular weight excluding hydrogens is 366 g/mol. The molecule has 2 rings (SSSR count). The van der Waals surface area contributed by atoms with Crippen molar-refractivity contribution >= 4 is 5.91 Å². The van der Waals surface area contributed by atoms with Crippen molar-refractivity contribution in [2.24, 2.45) is 0 Å². The van der Waals surface area contributed by atoms with Crippen LogP contribution < -0.4 is 5.32 Å². The van der Waals surface area contributed by atoms with Crippen molar-refractivity contribution in [2.75, 3.05) is 6.61 Å². The standard InChI is InChI=1S/C18H21F4N3O2/c1-3-25-12(2)15(9-24-25)8-23-16(26)14-6-4-5-13(7-14)10-27-11-18(21,22)17(19)20/h4-7,9,17H,3,8,10-11H2,1-2H3,(H,23,26). The second-order valence-corrected chi connectivity index (χ2v) is 6.01. The normalized spacial score (nSPS) is 11.8. The zero-order valence-electron chi connectivity index (χ0n) is 15.0. The summed E-state index contributed by atoms with van der Waals surface area (Å²) < 4.78 is 56.3. The Morgan fingerprint density at radius 1 is 1.37 bits per heavy atom. The monoisotopic (exact) mass is 387 g/mol. The van der Waals surface area contributed by atoms with Gasteiger partial charge in [0.2, 0.25) is 0 Å². The fraction of sp³-hybridized carbons (Fsp3) is 0.444. The number of nitrogens with zero attached hydrogens (tertiary/aromatic N) is 2. The second-order valence-electron chi connectivity index (χ2n) is 6.01. The molecule has 0 unspecified atom stereocenters. The van der Waals surface area contributed by atoms with Gasteiger partial charge in [-0.1, -0.05) is 12.1 Å². The van der Waals surface area contributed by atoms with Gasteiger partial charge in [-0.05, 0) is 31.5 Å². The zero-order chi connectivity index (χ0) is 20.0. The molecule has 0 saturated heterocycles. The van der Waals surface area contributed by atoms with Gasteiger partial charge in [0.15, 0.2) is 0 Å². The highest BCUT2D eigenvalue weighted by molar-refractivity contribution is 5.94. The van der Waals surface area contributed by atoms with E-state index >= 15 is 0 Å². The minimum Gasteiger partial charge on any atom is -0.370 e. The van der Waals surface area contributed by atoms with Crippen molar-refractivity contribution in [3.05, 3.63) is 52.8 Å². The van der Waals surface area contributed by atoms with Crippen LogP contribution in [-0.2, 0) is 24.4 Å². The lowest BCUT2D eigenvalue weighted by atomic mass is 10.1. The van der Waals surface area contributed by atoms with Crippen LogP contribution in [0.3, 0.4) is 0 Å². The minimum absolute atomic E-state index is 0.298. The van der Waals surface area contributed by atoms with E-state index in [4.69, 9.17) is 0 Å². The Kier molecular flexibility index (Phi) is 6.95. The number of carbonyl (C=O) groups excluding carboxylic acids is 1. The summed E-state index contributed by atoms with van der Waals surface area (Å²) in [4.78, 5) is 12.3. The lowest BCUT2D eigenvalue weighted by molar-refractivity contribution is -0.168. The van der Waals surface area contributed by atoms with Gasteiger partial charge < -0.3 is 10.1 Å². The SMILES string of the molecule is CCn1ncc(CNC(=O)c2cccc(COCC(F)(F)C(F)F)c2)c1C. The first-order valence-electron chi connectivity index (χ1n) is 8.36. The van der Waals surface area contributed by atoms with Gasteiger partial charge in [-0.2, -0.15) is 13.9 Å². The molecule has 0 radical (unpaired) electrons. The Bertz CT molecular complexity index is 778. The summed E-state index contributed by atoms with van der Waals surface area (Å²) >= 11 is 0. The van der Waals surface area contributed by atoms with Gasteiger partial charge in [0.1, 0.15) is 6.61 Å². The molecule has 2 aromatic rings. The number of carbonyl (C=O) groups is 1. The third-order valence-corrected chi connectivity index (χ3v) is 4.02. The third-order valence-electron chi connectivity index (χ3n) is 4.02. The molecule has 27 heavy (non-hydrogen) atoms. The van der Waals surface area contributed by atoms with Gasteiger partial charge in [-0.25, -0.2) is 8.78 Å². The molecule has 0 aliphatic carbocycles. The highest BCUT2D eigenvalue weighted by Crippen LogP contribution is 2.23. The molecule has 0 saturated carbocycles. The predicted molar refractivity (Wildman–Crippen MR) is 90.9 cm³/mol. The Hall–Kier alpha value is -2.42. The molecule has 0 aliphatic heterocycles. The minimum atomic E-state index is -4.20. The Morgan fingerprint density at radius 3 is 2.74 bits per heavy atom. The number of ether oxygens (including phenoxy) is 1. The topological polar surface area (TPSA) is 56.2 Å². The highest BCUT2D eigenvalue weighted by atomic mass is 19.3. The molecule has 1 N–H and O–H groups in total. The highest BCUT2D eigenvalue weighted by Gasteiger charge is 2.40. The smallest absolute Gasteiger partial charge is 0.330 e. The molecule has 0 fully saturated rings. The number of amides is 1. The molecule has 1 aromatic heterocycles. The summed E-state index contributed by atoms with van der Waals surface area (Å²) in [5.41, 5.74) is 2.60. The quantitative estimate of drug-likeness (QED) is 0.670. The van der Waals surface area contributed by atoms with Gasteiger partial charge in [0, 0.05) is 29.9 Å². The first kappa shape index (κ1) is 20.9. The van der Waals surface area contributed by atoms with E-state index in [0.717, 1.165) is 17.8 Å². The van der Waals surface area contributed by atoms with Crippen LogP contribution in [0.5, 0.6) is 0 Å². The number of hydrogen-bond donors (Lipinski definition) is 1. The lowest BCUT2D eigenvalue weighted by Gasteiger charge is -2.15. The van der Waals surface area contributed by atoms with E-state index < -0.39 is 19.0 Å². The number of halogens is 4. The summed E-state index contributed by atoms with van der Waals surface area (Å²) in [5.74, 6) is -4.55. The molecule has 1 aromatic carbocycles. The van der Waals surface area contributed by atoms with Crippen LogP contribution in [0.15, 0.2) is 30.5 Å². The predicted octanol–water partition coefficient (Wildman–Crippen LogP) is 3.56. The Balaban J connectivity index is 1.91. The van der Waals surface area contributed by atoms with E-state index in [1.54, 1.807) is 24.4 Å². The number of hydrogen-bond acceptors (Lipinski definition) is 3. The van der Waals surface area contributed by atoms with E-state index in [1.165, 1.54) is 6.07 Å². The van der Waals surface area contributed by atoms with Gasteiger partial charge in [-0.3, -0.25) is 9.48 Å². The van der Waals surface area contributed by atoms with Crippen molar-refractivity contribution in [3.8, 4) is 0 Å². The number of aryl methyl sites for hydroxylation is 1. The fourth-order valence-electron chi connectivity index (χ4n) is 2.43. The molecule has 148 valence electrons. The van der Waals surface area contributed by atoms with Crippen molar-refractivity contribution in [1.82, 2.24) is 15.1 Å². The molecule has 0 aliphatic rings. The molecule has 1 heterocycles. The first-order chi connectivity index (χ1) is 12.7. The van der Waals surface area contributed by atoms with Crippen LogP contribution in [0, 0.1) is 6.92 Å². The van der Waals surface area contributed by atoms with Crippen LogP contribution in [0.25, 0.3) is 0 Å². The van der Waals surface area contributed by atoms with Crippen LogP contribution in [-0.4, -0.2) is 34.6 Å². The molecule has 9 heteroatoms. The van der Waals surface area contributed by atoms with E-state index in [1.807, 2.05) is 18.5 Å². The molecule has 1 amide bonds. The van der Waals surface area contributed by atoms with E-state index in [2.05, 4.69) is 15.2 Å². The van der Waals surface area contributed by atoms with Crippen LogP contribution >= 0.6 is 0 Å². The molecular formula is C18H21F4N3O2. The largest absolute Gasteiger partial charge is 0.370 e. The maximum absolute atomic E-state index is 12.8. The molecule has 5 nitrogen and oxygen atoms in total. The summed E-state index contributed by atoms with van der Waals surface area (Å²) in [6.07, 6.45) is -2.10. The van der Waals surface area contributed by atoms with Crippen molar-refractivity contribution in [1.29, 1.82) is 0 Å². The van der Waals surface area contributed by atoms with Gasteiger partial charge >= 0.3 is 12.3 Å².